The number of hydrogen-bond donors (Lipinski definition) is 0. The van der Waals surface area contributed by atoms with Crippen LogP contribution in [0.3, 0.4) is 0 Å². The van der Waals surface area contributed by atoms with Crippen LogP contribution in [0.5, 0.6) is 0 Å². The lowest BCUT2D eigenvalue weighted by Crippen LogP contribution is -2.05. The minimum absolute atomic E-state index is 1.14. The van der Waals surface area contributed by atoms with E-state index in [0.29, 0.717) is 0 Å². The lowest BCUT2D eigenvalue weighted by atomic mass is 10.1. The van der Waals surface area contributed by atoms with Gasteiger partial charge in [0.1, 0.15) is 0 Å². The first-order valence-electron chi connectivity index (χ1n) is 19.5. The summed E-state index contributed by atoms with van der Waals surface area (Å²) in [7, 11) is -2.00. The van der Waals surface area contributed by atoms with Crippen molar-refractivity contribution in [2.45, 2.75) is 19.6 Å². The fraction of sp³-hybridized carbons (Fsp3) is 0. The maximum absolute atomic E-state index is 2.48. The molecule has 3 heteroatoms. The third-order valence-corrected chi connectivity index (χ3v) is 15.4. The molecule has 0 atom stereocenters. The molecule has 0 saturated carbocycles. The summed E-state index contributed by atoms with van der Waals surface area (Å²) in [5.74, 6) is 0. The Balaban J connectivity index is 1.28. The maximum Gasteiger partial charge on any atom is 0.0552 e. The Hall–Kier alpha value is -7.07. The van der Waals surface area contributed by atoms with Crippen LogP contribution in [0.25, 0.3) is 66.1 Å². The Bertz CT molecular complexity index is 3050. The number of rotatable bonds is 7. The van der Waals surface area contributed by atoms with Gasteiger partial charge in [-0.2, -0.15) is 0 Å². The molecule has 0 aliphatic heterocycles. The Morgan fingerprint density at radius 2 is 0.702 bits per heavy atom. The smallest absolute Gasteiger partial charge is 0.0552 e. The lowest BCUT2D eigenvalue weighted by molar-refractivity contribution is 1.16. The van der Waals surface area contributed by atoms with Gasteiger partial charge in [0.05, 0.1) is 22.1 Å². The van der Waals surface area contributed by atoms with Crippen LogP contribution in [0, 0.1) is 0 Å². The molecule has 57 heavy (non-hydrogen) atoms. The zero-order valence-corrected chi connectivity index (χ0v) is 32.1. The van der Waals surface area contributed by atoms with Crippen LogP contribution in [0.4, 0.5) is 0 Å². The minimum Gasteiger partial charge on any atom is -0.309 e. The van der Waals surface area contributed by atoms with E-state index in [-0.39, 0.29) is 0 Å². The van der Waals surface area contributed by atoms with E-state index in [1.54, 1.807) is 0 Å². The number of para-hydroxylation sites is 2. The van der Waals surface area contributed by atoms with Gasteiger partial charge in [-0.1, -0.05) is 140 Å². The fourth-order valence-corrected chi connectivity index (χ4v) is 13.1. The molecule has 11 rings (SSSR count). The molecule has 0 N–H and O–H groups in total. The summed E-state index contributed by atoms with van der Waals surface area (Å²) in [4.78, 5) is 5.25. The number of nitrogens with zero attached hydrogens (tertiary/aromatic N) is 2. The molecule has 2 nitrogen and oxygen atoms in total. The Morgan fingerprint density at radius 3 is 1.26 bits per heavy atom. The minimum atomic E-state index is -2.00. The highest BCUT2D eigenvalue weighted by atomic mass is 32.3. The van der Waals surface area contributed by atoms with E-state index < -0.39 is 10.0 Å². The molecule has 2 heterocycles. The second kappa shape index (κ2) is 13.6. The zero-order chi connectivity index (χ0) is 37.8. The average molecular weight is 747 g/mol. The van der Waals surface area contributed by atoms with Crippen LogP contribution in [-0.4, -0.2) is 9.13 Å². The molecular weight excluding hydrogens is 709 g/mol. The summed E-state index contributed by atoms with van der Waals surface area (Å²) in [6.45, 7) is 0. The Labute approximate surface area is 333 Å². The van der Waals surface area contributed by atoms with Gasteiger partial charge >= 0.3 is 0 Å². The zero-order valence-electron chi connectivity index (χ0n) is 31.2. The monoisotopic (exact) mass is 746 g/mol. The molecule has 0 saturated heterocycles. The molecule has 9 aromatic carbocycles. The van der Waals surface area contributed by atoms with Crippen molar-refractivity contribution >= 4 is 53.6 Å². The molecule has 2 aromatic heterocycles. The third-order valence-electron chi connectivity index (χ3n) is 11.4. The van der Waals surface area contributed by atoms with Gasteiger partial charge in [0.25, 0.3) is 0 Å². The van der Waals surface area contributed by atoms with E-state index >= 15 is 0 Å². The van der Waals surface area contributed by atoms with Gasteiger partial charge in [0, 0.05) is 52.5 Å². The van der Waals surface area contributed by atoms with Gasteiger partial charge in [-0.15, -0.1) is 10.0 Å². The van der Waals surface area contributed by atoms with Crippen molar-refractivity contribution in [1.29, 1.82) is 0 Å². The normalized spacial score (nSPS) is 12.1. The second-order valence-corrected chi connectivity index (χ2v) is 17.6. The molecule has 0 aliphatic rings. The first kappa shape index (κ1) is 33.3. The molecule has 0 amide bonds. The molecule has 0 bridgehead atoms. The number of fused-ring (bicyclic) bond motifs is 6. The third kappa shape index (κ3) is 5.20. The predicted octanol–water partition coefficient (Wildman–Crippen LogP) is 14.9. The fourth-order valence-electron chi connectivity index (χ4n) is 9.00. The molecular formula is C54H38N2S. The van der Waals surface area contributed by atoms with E-state index in [0.717, 1.165) is 11.4 Å². The van der Waals surface area contributed by atoms with Crippen molar-refractivity contribution < 1.29 is 0 Å². The van der Waals surface area contributed by atoms with Crippen LogP contribution >= 0.6 is 10.0 Å². The maximum atomic E-state index is 2.48. The predicted molar refractivity (Wildman–Crippen MR) is 241 cm³/mol. The van der Waals surface area contributed by atoms with Crippen molar-refractivity contribution in [1.82, 2.24) is 9.13 Å². The number of benzene rings is 9. The summed E-state index contributed by atoms with van der Waals surface area (Å²) in [6.07, 6.45) is 0. The quantitative estimate of drug-likeness (QED) is 0.154. The highest BCUT2D eigenvalue weighted by molar-refractivity contribution is 8.34. The number of hydrogen-bond acceptors (Lipinski definition) is 0. The summed E-state index contributed by atoms with van der Waals surface area (Å²) >= 11 is 0. The lowest BCUT2D eigenvalue weighted by Gasteiger charge is -2.42. The molecule has 0 aliphatic carbocycles. The van der Waals surface area contributed by atoms with Gasteiger partial charge < -0.3 is 9.13 Å². The van der Waals surface area contributed by atoms with Crippen molar-refractivity contribution in [2.75, 3.05) is 0 Å². The van der Waals surface area contributed by atoms with Gasteiger partial charge in [0.2, 0.25) is 0 Å². The molecule has 0 fully saturated rings. The van der Waals surface area contributed by atoms with Gasteiger partial charge in [-0.25, -0.2) is 0 Å². The van der Waals surface area contributed by atoms with Crippen LogP contribution in [0.15, 0.2) is 250 Å². The topological polar surface area (TPSA) is 9.86 Å². The molecule has 0 spiro atoms. The first-order valence-corrected chi connectivity index (χ1v) is 21.1. The summed E-state index contributed by atoms with van der Waals surface area (Å²) in [5.41, 5.74) is 9.48. The van der Waals surface area contributed by atoms with Gasteiger partial charge in [-0.3, -0.25) is 0 Å². The summed E-state index contributed by atoms with van der Waals surface area (Å²) in [6, 6.07) is 84.9. The Morgan fingerprint density at radius 1 is 0.281 bits per heavy atom. The average Bonchev–Trinajstić information content (AvgIpc) is 3.81. The molecule has 0 radical (unpaired) electrons. The van der Waals surface area contributed by atoms with Crippen LogP contribution in [0.2, 0.25) is 0 Å². The largest absolute Gasteiger partial charge is 0.309 e. The highest BCUT2D eigenvalue weighted by Crippen LogP contribution is 2.74. The molecule has 11 aromatic rings. The van der Waals surface area contributed by atoms with Gasteiger partial charge in [0.15, 0.2) is 0 Å². The van der Waals surface area contributed by atoms with E-state index in [2.05, 4.69) is 240 Å². The van der Waals surface area contributed by atoms with Crippen LogP contribution in [0.1, 0.15) is 0 Å². The van der Waals surface area contributed by atoms with Crippen molar-refractivity contribution in [3.8, 4) is 22.5 Å². The standard InChI is InChI=1S/C54H38N2S/c1-5-18-39(19-6-1)40-32-34-41(35-33-40)55-51-37-36-42(56-49-28-15-13-26-46(49)47-27-14-16-29-50(47)56)38-48(51)54-52(55)30-17-31-53(54)57(43-20-7-2-8-21-43,44-22-9-3-10-23-44)45-24-11-4-12-25-45/h1-38H. The Kier molecular flexibility index (Phi) is 7.94. The van der Waals surface area contributed by atoms with Crippen LogP contribution in [-0.2, 0) is 0 Å². The van der Waals surface area contributed by atoms with E-state index in [1.807, 2.05) is 0 Å². The van der Waals surface area contributed by atoms with E-state index in [4.69, 9.17) is 0 Å². The summed E-state index contributed by atoms with van der Waals surface area (Å²) in [5, 5.41) is 5.02. The van der Waals surface area contributed by atoms with Crippen molar-refractivity contribution in [3.05, 3.63) is 231 Å². The van der Waals surface area contributed by atoms with Crippen molar-refractivity contribution in [2.24, 2.45) is 0 Å². The number of aromatic nitrogens is 2. The first-order chi connectivity index (χ1) is 28.3. The van der Waals surface area contributed by atoms with E-state index in [1.165, 1.54) is 74.3 Å². The van der Waals surface area contributed by atoms with E-state index in [9.17, 15) is 0 Å². The highest BCUT2D eigenvalue weighted by Gasteiger charge is 2.36. The SMILES string of the molecule is c1ccc(-c2ccc(-n3c4ccc(-n5c6ccccc6c6ccccc65)cc4c4c(S(c5ccccc5)(c5ccccc5)c5ccccc5)cccc43)cc2)cc1. The van der Waals surface area contributed by atoms with Crippen molar-refractivity contribution in [3.63, 3.8) is 0 Å². The molecule has 0 unspecified atom stereocenters. The van der Waals surface area contributed by atoms with Crippen LogP contribution < -0.4 is 0 Å². The van der Waals surface area contributed by atoms with Gasteiger partial charge in [-0.05, 0) is 102 Å². The second-order valence-electron chi connectivity index (χ2n) is 14.5. The molecule has 270 valence electrons. The summed E-state index contributed by atoms with van der Waals surface area (Å²) < 4.78 is 4.92.